The van der Waals surface area contributed by atoms with E-state index in [1.165, 1.54) is 7.11 Å². The number of carbonyl (C=O) groups is 2. The Labute approximate surface area is 165 Å². The van der Waals surface area contributed by atoms with E-state index in [4.69, 9.17) is 25.8 Å². The van der Waals surface area contributed by atoms with Crippen molar-refractivity contribution < 1.29 is 28.7 Å². The molecule has 2 rings (SSSR count). The van der Waals surface area contributed by atoms with Crippen molar-refractivity contribution in [1.29, 1.82) is 0 Å². The summed E-state index contributed by atoms with van der Waals surface area (Å²) >= 11 is 5.76. The summed E-state index contributed by atoms with van der Waals surface area (Å²) in [7, 11) is 1.32. The van der Waals surface area contributed by atoms with Gasteiger partial charge in [-0.15, -0.1) is 0 Å². The third-order valence-corrected chi connectivity index (χ3v) is 3.71. The number of ether oxygens (including phenoxy) is 3. The minimum Gasteiger partial charge on any atom is -0.493 e. The van der Waals surface area contributed by atoms with E-state index < -0.39 is 29.1 Å². The highest BCUT2D eigenvalue weighted by atomic mass is 35.5. The number of nitrogens with one attached hydrogen (secondary N) is 1. The number of hydrogen-bond donors (Lipinski definition) is 1. The Morgan fingerprint density at radius 1 is 1.18 bits per heavy atom. The van der Waals surface area contributed by atoms with Gasteiger partial charge in [-0.1, -0.05) is 11.6 Å². The lowest BCUT2D eigenvalue weighted by molar-refractivity contribution is -0.385. The van der Waals surface area contributed by atoms with Crippen molar-refractivity contribution in [2.75, 3.05) is 25.6 Å². The fourth-order valence-electron chi connectivity index (χ4n) is 2.23. The van der Waals surface area contributed by atoms with E-state index in [0.29, 0.717) is 10.7 Å². The molecule has 9 nitrogen and oxygen atoms in total. The predicted octanol–water partition coefficient (Wildman–Crippen LogP) is 3.45. The van der Waals surface area contributed by atoms with Gasteiger partial charge < -0.3 is 19.5 Å². The van der Waals surface area contributed by atoms with Crippen molar-refractivity contribution >= 4 is 34.9 Å². The monoisotopic (exact) mass is 408 g/mol. The van der Waals surface area contributed by atoms with Crippen LogP contribution < -0.4 is 14.8 Å². The zero-order valence-electron chi connectivity index (χ0n) is 15.1. The van der Waals surface area contributed by atoms with Crippen molar-refractivity contribution in [2.45, 2.75) is 6.92 Å². The van der Waals surface area contributed by atoms with Crippen molar-refractivity contribution in [2.24, 2.45) is 0 Å². The number of methoxy groups -OCH3 is 1. The summed E-state index contributed by atoms with van der Waals surface area (Å²) in [4.78, 5) is 34.8. The van der Waals surface area contributed by atoms with Crippen LogP contribution in [0.15, 0.2) is 36.4 Å². The van der Waals surface area contributed by atoms with E-state index in [0.717, 1.165) is 12.1 Å². The number of amides is 1. The van der Waals surface area contributed by atoms with E-state index in [1.54, 1.807) is 31.2 Å². The largest absolute Gasteiger partial charge is 0.493 e. The number of rotatable bonds is 8. The first kappa shape index (κ1) is 21.0. The average molecular weight is 409 g/mol. The quantitative estimate of drug-likeness (QED) is 0.403. The second-order valence-corrected chi connectivity index (χ2v) is 5.78. The Bertz CT molecular complexity index is 884. The summed E-state index contributed by atoms with van der Waals surface area (Å²) in [5.74, 6) is -1.41. The van der Waals surface area contributed by atoms with Crippen LogP contribution >= 0.6 is 11.6 Å². The molecule has 0 aliphatic heterocycles. The predicted molar refractivity (Wildman–Crippen MR) is 101 cm³/mol. The molecule has 28 heavy (non-hydrogen) atoms. The van der Waals surface area contributed by atoms with E-state index in [-0.39, 0.29) is 23.7 Å². The Morgan fingerprint density at radius 3 is 2.43 bits per heavy atom. The minimum absolute atomic E-state index is 0.102. The lowest BCUT2D eigenvalue weighted by Gasteiger charge is -2.12. The lowest BCUT2D eigenvalue weighted by atomic mass is 10.1. The molecule has 1 amide bonds. The maximum Gasteiger partial charge on any atom is 0.345 e. The molecule has 0 aliphatic rings. The third kappa shape index (κ3) is 5.34. The number of carbonyl (C=O) groups excluding carboxylic acids is 2. The van der Waals surface area contributed by atoms with Crippen molar-refractivity contribution in [3.63, 3.8) is 0 Å². The zero-order valence-corrected chi connectivity index (χ0v) is 15.8. The van der Waals surface area contributed by atoms with Crippen LogP contribution in [-0.4, -0.2) is 37.1 Å². The van der Waals surface area contributed by atoms with Gasteiger partial charge in [-0.25, -0.2) is 4.79 Å². The van der Waals surface area contributed by atoms with Crippen LogP contribution in [0, 0.1) is 10.1 Å². The molecule has 0 saturated carbocycles. The molecule has 2 aromatic carbocycles. The second kappa shape index (κ2) is 9.56. The van der Waals surface area contributed by atoms with E-state index in [2.05, 4.69) is 5.32 Å². The van der Waals surface area contributed by atoms with Crippen LogP contribution in [0.4, 0.5) is 11.4 Å². The summed E-state index contributed by atoms with van der Waals surface area (Å²) in [5.41, 5.74) is -0.420. The first-order valence-electron chi connectivity index (χ1n) is 8.07. The van der Waals surface area contributed by atoms with Crippen LogP contribution in [0.5, 0.6) is 11.5 Å². The van der Waals surface area contributed by atoms with Crippen molar-refractivity contribution in [3.05, 3.63) is 57.1 Å². The summed E-state index contributed by atoms with van der Waals surface area (Å²) in [5, 5.41) is 14.3. The van der Waals surface area contributed by atoms with Gasteiger partial charge in [-0.2, -0.15) is 0 Å². The van der Waals surface area contributed by atoms with Gasteiger partial charge in [-0.3, -0.25) is 14.9 Å². The van der Waals surface area contributed by atoms with Crippen LogP contribution in [0.2, 0.25) is 5.02 Å². The standard InChI is InChI=1S/C18H17ClN2O7/c1-3-27-16-8-13(14(21(24)25)9-15(16)26-2)18(23)28-10-17(22)20-12-6-4-11(19)5-7-12/h4-9H,3,10H2,1-2H3,(H,20,22). The molecule has 0 radical (unpaired) electrons. The Balaban J connectivity index is 2.13. The number of nitrogens with zero attached hydrogens (tertiary/aromatic N) is 1. The van der Waals surface area contributed by atoms with Crippen LogP contribution in [0.25, 0.3) is 0 Å². The highest BCUT2D eigenvalue weighted by molar-refractivity contribution is 6.30. The summed E-state index contributed by atoms with van der Waals surface area (Å²) in [6, 6.07) is 8.53. The number of nitro groups is 1. The van der Waals surface area contributed by atoms with Gasteiger partial charge in [0.2, 0.25) is 0 Å². The van der Waals surface area contributed by atoms with Gasteiger partial charge in [0.05, 0.1) is 24.7 Å². The molecule has 0 heterocycles. The first-order valence-corrected chi connectivity index (χ1v) is 8.45. The van der Waals surface area contributed by atoms with E-state index >= 15 is 0 Å². The SMILES string of the molecule is CCOc1cc(C(=O)OCC(=O)Nc2ccc(Cl)cc2)c([N+](=O)[O-])cc1OC. The van der Waals surface area contributed by atoms with Gasteiger partial charge in [-0.05, 0) is 31.2 Å². The van der Waals surface area contributed by atoms with Gasteiger partial charge in [0.1, 0.15) is 5.56 Å². The maximum absolute atomic E-state index is 12.3. The number of benzene rings is 2. The molecule has 0 bridgehead atoms. The van der Waals surface area contributed by atoms with Crippen LogP contribution in [0.1, 0.15) is 17.3 Å². The van der Waals surface area contributed by atoms with Crippen LogP contribution in [-0.2, 0) is 9.53 Å². The van der Waals surface area contributed by atoms with Gasteiger partial charge in [0, 0.05) is 16.8 Å². The molecule has 0 fully saturated rings. The highest BCUT2D eigenvalue weighted by Gasteiger charge is 2.26. The van der Waals surface area contributed by atoms with Crippen molar-refractivity contribution in [1.82, 2.24) is 0 Å². The molecule has 0 spiro atoms. The fraction of sp³-hybridized carbons (Fsp3) is 0.222. The number of anilines is 1. The Hall–Kier alpha value is -3.33. The molecule has 2 aromatic rings. The molecule has 0 aliphatic carbocycles. The molecule has 10 heteroatoms. The van der Waals surface area contributed by atoms with Gasteiger partial charge in [0.25, 0.3) is 11.6 Å². The smallest absolute Gasteiger partial charge is 0.345 e. The number of nitro benzene ring substituents is 1. The number of hydrogen-bond acceptors (Lipinski definition) is 7. The zero-order chi connectivity index (χ0) is 20.7. The summed E-state index contributed by atoms with van der Waals surface area (Å²) in [6.45, 7) is 1.33. The molecule has 0 atom stereocenters. The lowest BCUT2D eigenvalue weighted by Crippen LogP contribution is -2.21. The first-order chi connectivity index (χ1) is 13.3. The summed E-state index contributed by atoms with van der Waals surface area (Å²) in [6.07, 6.45) is 0. The van der Waals surface area contributed by atoms with Crippen molar-refractivity contribution in [3.8, 4) is 11.5 Å². The van der Waals surface area contributed by atoms with Crippen LogP contribution in [0.3, 0.4) is 0 Å². The Kier molecular flexibility index (Phi) is 7.16. The number of halogens is 1. The Morgan fingerprint density at radius 2 is 1.86 bits per heavy atom. The summed E-state index contributed by atoms with van der Waals surface area (Å²) < 4.78 is 15.3. The van der Waals surface area contributed by atoms with Gasteiger partial charge in [0.15, 0.2) is 18.1 Å². The molecular formula is C18H17ClN2O7. The normalized spacial score (nSPS) is 10.1. The average Bonchev–Trinajstić information content (AvgIpc) is 2.67. The molecule has 0 unspecified atom stereocenters. The molecule has 1 N–H and O–H groups in total. The van der Waals surface area contributed by atoms with E-state index in [9.17, 15) is 19.7 Å². The minimum atomic E-state index is -1.04. The van der Waals surface area contributed by atoms with Gasteiger partial charge >= 0.3 is 5.97 Å². The number of esters is 1. The molecule has 0 saturated heterocycles. The highest BCUT2D eigenvalue weighted by Crippen LogP contribution is 2.35. The molecule has 148 valence electrons. The molecule has 0 aromatic heterocycles. The maximum atomic E-state index is 12.3. The second-order valence-electron chi connectivity index (χ2n) is 5.34. The third-order valence-electron chi connectivity index (χ3n) is 3.46. The fourth-order valence-corrected chi connectivity index (χ4v) is 2.36. The molecular weight excluding hydrogens is 392 g/mol. The van der Waals surface area contributed by atoms with E-state index in [1.807, 2.05) is 0 Å². The topological polar surface area (TPSA) is 117 Å².